The van der Waals surface area contributed by atoms with Gasteiger partial charge in [-0.25, -0.2) is 4.68 Å². The largest absolute Gasteiger partial charge is 0.493 e. The molecule has 0 bridgehead atoms. The molecule has 0 N–H and O–H groups in total. The van der Waals surface area contributed by atoms with E-state index < -0.39 is 0 Å². The molecule has 0 aliphatic rings. The van der Waals surface area contributed by atoms with E-state index in [1.54, 1.807) is 18.9 Å². The average Bonchev–Trinajstić information content (AvgIpc) is 3.09. The third-order valence-electron chi connectivity index (χ3n) is 3.77. The van der Waals surface area contributed by atoms with E-state index in [9.17, 15) is 4.79 Å². The lowest BCUT2D eigenvalue weighted by Gasteiger charge is -2.12. The van der Waals surface area contributed by atoms with Gasteiger partial charge in [-0.2, -0.15) is 0 Å². The van der Waals surface area contributed by atoms with Crippen molar-refractivity contribution >= 4 is 5.97 Å². The molecule has 8 heteroatoms. The van der Waals surface area contributed by atoms with Crippen molar-refractivity contribution in [2.24, 2.45) is 0 Å². The van der Waals surface area contributed by atoms with Crippen LogP contribution in [0.4, 0.5) is 0 Å². The second-order valence-electron chi connectivity index (χ2n) is 5.49. The summed E-state index contributed by atoms with van der Waals surface area (Å²) < 4.78 is 17.6. The molecule has 0 saturated heterocycles. The van der Waals surface area contributed by atoms with Crippen LogP contribution in [-0.2, 0) is 29.1 Å². The monoisotopic (exact) mass is 348 g/mol. The average molecular weight is 348 g/mol. The van der Waals surface area contributed by atoms with Crippen molar-refractivity contribution in [3.8, 4) is 11.5 Å². The zero-order valence-electron chi connectivity index (χ0n) is 14.9. The second kappa shape index (κ2) is 9.61. The molecule has 0 atom stereocenters. The van der Waals surface area contributed by atoms with E-state index in [2.05, 4.69) is 22.4 Å². The van der Waals surface area contributed by atoms with E-state index in [1.807, 2.05) is 18.2 Å². The number of hydrogen-bond donors (Lipinski definition) is 0. The fourth-order valence-electron chi connectivity index (χ4n) is 2.41. The number of para-hydroxylation sites is 1. The molecule has 25 heavy (non-hydrogen) atoms. The van der Waals surface area contributed by atoms with Gasteiger partial charge in [-0.1, -0.05) is 25.5 Å². The molecule has 8 nitrogen and oxygen atoms in total. The molecule has 0 amide bonds. The van der Waals surface area contributed by atoms with Crippen LogP contribution in [-0.4, -0.2) is 40.4 Å². The molecular weight excluding hydrogens is 324 g/mol. The number of aryl methyl sites for hydroxylation is 2. The van der Waals surface area contributed by atoms with Crippen LogP contribution in [0.15, 0.2) is 18.2 Å². The number of ether oxygens (including phenoxy) is 3. The number of rotatable bonds is 10. The molecule has 2 rings (SSSR count). The van der Waals surface area contributed by atoms with Crippen LogP contribution in [0.1, 0.15) is 37.6 Å². The van der Waals surface area contributed by atoms with Gasteiger partial charge in [0.25, 0.3) is 0 Å². The predicted octanol–water partition coefficient (Wildman–Crippen LogP) is 2.17. The summed E-state index contributed by atoms with van der Waals surface area (Å²) in [4.78, 5) is 12.0. The highest BCUT2D eigenvalue weighted by atomic mass is 16.5. The first-order valence-corrected chi connectivity index (χ1v) is 8.30. The maximum atomic E-state index is 12.0. The van der Waals surface area contributed by atoms with Gasteiger partial charge in [-0.15, -0.1) is 5.10 Å². The van der Waals surface area contributed by atoms with Crippen LogP contribution in [0.2, 0.25) is 0 Å². The number of esters is 1. The molecule has 0 aliphatic heterocycles. The Morgan fingerprint density at radius 3 is 2.80 bits per heavy atom. The summed E-state index contributed by atoms with van der Waals surface area (Å²) in [6.45, 7) is 2.89. The molecular formula is C17H24N4O4. The molecule has 1 aromatic carbocycles. The first-order chi connectivity index (χ1) is 12.2. The van der Waals surface area contributed by atoms with Crippen LogP contribution in [0.3, 0.4) is 0 Å². The number of tetrazole rings is 1. The second-order valence-corrected chi connectivity index (χ2v) is 5.49. The van der Waals surface area contributed by atoms with E-state index >= 15 is 0 Å². The Morgan fingerprint density at radius 2 is 2.08 bits per heavy atom. The molecule has 0 spiro atoms. The summed E-state index contributed by atoms with van der Waals surface area (Å²) in [6.07, 6.45) is 2.75. The Morgan fingerprint density at radius 1 is 1.24 bits per heavy atom. The van der Waals surface area contributed by atoms with Gasteiger partial charge in [-0.3, -0.25) is 4.79 Å². The van der Waals surface area contributed by atoms with Crippen molar-refractivity contribution in [3.63, 3.8) is 0 Å². The van der Waals surface area contributed by atoms with Crippen molar-refractivity contribution in [2.75, 3.05) is 14.2 Å². The standard InChI is InChI=1S/C17H24N4O4/c1-4-5-11-21-15(18-19-20-21)12-25-16(22)10-9-13-7-6-8-14(23-2)17(13)24-3/h6-8H,4-5,9-12H2,1-3H3. The lowest BCUT2D eigenvalue weighted by atomic mass is 10.1. The van der Waals surface area contributed by atoms with Crippen LogP contribution < -0.4 is 9.47 Å². The van der Waals surface area contributed by atoms with Gasteiger partial charge < -0.3 is 14.2 Å². The zero-order chi connectivity index (χ0) is 18.1. The highest BCUT2D eigenvalue weighted by Gasteiger charge is 2.13. The number of methoxy groups -OCH3 is 2. The van der Waals surface area contributed by atoms with E-state index in [0.29, 0.717) is 23.7 Å². The van der Waals surface area contributed by atoms with E-state index in [1.165, 1.54) is 0 Å². The number of unbranched alkanes of at least 4 members (excludes halogenated alkanes) is 1. The third-order valence-corrected chi connectivity index (χ3v) is 3.77. The number of nitrogens with zero attached hydrogens (tertiary/aromatic N) is 4. The minimum absolute atomic E-state index is 0.0742. The summed E-state index contributed by atoms with van der Waals surface area (Å²) >= 11 is 0. The van der Waals surface area contributed by atoms with Crippen LogP contribution >= 0.6 is 0 Å². The quantitative estimate of drug-likeness (QED) is 0.608. The maximum Gasteiger partial charge on any atom is 0.306 e. The van der Waals surface area contributed by atoms with Crippen molar-refractivity contribution in [1.82, 2.24) is 20.2 Å². The van der Waals surface area contributed by atoms with Crippen LogP contribution in [0, 0.1) is 0 Å². The lowest BCUT2D eigenvalue weighted by Crippen LogP contribution is -2.11. The van der Waals surface area contributed by atoms with Crippen molar-refractivity contribution in [2.45, 2.75) is 45.8 Å². The predicted molar refractivity (Wildman–Crippen MR) is 90.4 cm³/mol. The fourth-order valence-corrected chi connectivity index (χ4v) is 2.41. The lowest BCUT2D eigenvalue weighted by molar-refractivity contribution is -0.145. The molecule has 0 aliphatic carbocycles. The Kier molecular flexibility index (Phi) is 7.18. The normalized spacial score (nSPS) is 10.5. The van der Waals surface area contributed by atoms with Crippen molar-refractivity contribution in [3.05, 3.63) is 29.6 Å². The van der Waals surface area contributed by atoms with Gasteiger partial charge in [0.2, 0.25) is 0 Å². The van der Waals surface area contributed by atoms with Gasteiger partial charge in [-0.05, 0) is 34.9 Å². The Labute approximate surface area is 147 Å². The molecule has 1 heterocycles. The molecule has 136 valence electrons. The maximum absolute atomic E-state index is 12.0. The molecule has 1 aromatic heterocycles. The summed E-state index contributed by atoms with van der Waals surface area (Å²) in [5.74, 6) is 1.53. The number of hydrogen-bond acceptors (Lipinski definition) is 7. The van der Waals surface area contributed by atoms with Gasteiger partial charge in [0.05, 0.1) is 14.2 Å². The summed E-state index contributed by atoms with van der Waals surface area (Å²) in [7, 11) is 3.16. The summed E-state index contributed by atoms with van der Waals surface area (Å²) in [6, 6.07) is 5.58. The van der Waals surface area contributed by atoms with Crippen LogP contribution in [0.25, 0.3) is 0 Å². The number of carbonyl (C=O) groups is 1. The van der Waals surface area contributed by atoms with E-state index in [-0.39, 0.29) is 19.0 Å². The molecule has 0 radical (unpaired) electrons. The number of carbonyl (C=O) groups excluding carboxylic acids is 1. The summed E-state index contributed by atoms with van der Waals surface area (Å²) in [5.41, 5.74) is 0.895. The van der Waals surface area contributed by atoms with E-state index in [4.69, 9.17) is 14.2 Å². The SMILES string of the molecule is CCCCn1nnnc1COC(=O)CCc1cccc(OC)c1OC. The molecule has 0 unspecified atom stereocenters. The van der Waals surface area contributed by atoms with Crippen molar-refractivity contribution < 1.29 is 19.0 Å². The Hall–Kier alpha value is -2.64. The molecule has 0 fully saturated rings. The van der Waals surface area contributed by atoms with Crippen LogP contribution in [0.5, 0.6) is 11.5 Å². The van der Waals surface area contributed by atoms with Gasteiger partial charge in [0, 0.05) is 13.0 Å². The minimum Gasteiger partial charge on any atom is -0.493 e. The first-order valence-electron chi connectivity index (χ1n) is 8.30. The Balaban J connectivity index is 1.86. The smallest absolute Gasteiger partial charge is 0.306 e. The Bertz CT molecular complexity index is 687. The van der Waals surface area contributed by atoms with Gasteiger partial charge >= 0.3 is 5.97 Å². The van der Waals surface area contributed by atoms with Gasteiger partial charge in [0.1, 0.15) is 0 Å². The number of aromatic nitrogens is 4. The van der Waals surface area contributed by atoms with E-state index in [0.717, 1.165) is 24.9 Å². The highest BCUT2D eigenvalue weighted by Crippen LogP contribution is 2.31. The first kappa shape index (κ1) is 18.7. The fraction of sp³-hybridized carbons (Fsp3) is 0.529. The zero-order valence-corrected chi connectivity index (χ0v) is 14.9. The number of benzene rings is 1. The van der Waals surface area contributed by atoms with Crippen molar-refractivity contribution in [1.29, 1.82) is 0 Å². The summed E-state index contributed by atoms with van der Waals surface area (Å²) in [5, 5.41) is 11.4. The van der Waals surface area contributed by atoms with Gasteiger partial charge in [0.15, 0.2) is 23.9 Å². The molecule has 2 aromatic rings. The highest BCUT2D eigenvalue weighted by molar-refractivity contribution is 5.70. The topological polar surface area (TPSA) is 88.4 Å². The third kappa shape index (κ3) is 5.17. The molecule has 0 saturated carbocycles. The minimum atomic E-state index is -0.310.